The molecular formula is C28H31ClN2O3S. The molecule has 0 spiro atoms. The number of anilines is 1. The van der Waals surface area contributed by atoms with Crippen LogP contribution in [0.1, 0.15) is 70.4 Å². The molecule has 3 aromatic carbocycles. The second-order valence-electron chi connectivity index (χ2n) is 9.22. The van der Waals surface area contributed by atoms with Crippen molar-refractivity contribution >= 4 is 33.2 Å². The highest BCUT2D eigenvalue weighted by atomic mass is 35.5. The summed E-state index contributed by atoms with van der Waals surface area (Å²) in [7, 11) is -3.99. The molecule has 5 nitrogen and oxygen atoms in total. The number of amides is 1. The second-order valence-corrected chi connectivity index (χ2v) is 11.3. The van der Waals surface area contributed by atoms with Gasteiger partial charge in [-0.1, -0.05) is 42.8 Å². The number of hydrogen-bond donors (Lipinski definition) is 2. The van der Waals surface area contributed by atoms with E-state index in [-0.39, 0.29) is 27.4 Å². The minimum atomic E-state index is -3.99. The van der Waals surface area contributed by atoms with Crippen molar-refractivity contribution in [2.45, 2.75) is 63.8 Å². The Morgan fingerprint density at radius 2 is 1.69 bits per heavy atom. The van der Waals surface area contributed by atoms with Crippen molar-refractivity contribution in [1.82, 2.24) is 5.32 Å². The molecule has 1 atom stereocenters. The molecule has 0 bridgehead atoms. The van der Waals surface area contributed by atoms with Crippen LogP contribution < -0.4 is 10.0 Å². The molecule has 4 rings (SSSR count). The molecule has 1 aliphatic carbocycles. The van der Waals surface area contributed by atoms with Crippen molar-refractivity contribution in [1.29, 1.82) is 0 Å². The first kappa shape index (κ1) is 25.3. The van der Waals surface area contributed by atoms with Gasteiger partial charge >= 0.3 is 0 Å². The topological polar surface area (TPSA) is 75.3 Å². The predicted octanol–water partition coefficient (Wildman–Crippen LogP) is 6.52. The zero-order valence-corrected chi connectivity index (χ0v) is 21.9. The van der Waals surface area contributed by atoms with Crippen LogP contribution in [-0.4, -0.2) is 14.3 Å². The van der Waals surface area contributed by atoms with E-state index in [4.69, 9.17) is 11.6 Å². The summed E-state index contributed by atoms with van der Waals surface area (Å²) in [4.78, 5) is 13.0. The molecule has 0 aromatic heterocycles. The summed E-state index contributed by atoms with van der Waals surface area (Å²) >= 11 is 6.25. The van der Waals surface area contributed by atoms with E-state index in [0.717, 1.165) is 36.0 Å². The van der Waals surface area contributed by atoms with Crippen LogP contribution in [-0.2, 0) is 22.9 Å². The number of carbonyl (C=O) groups excluding carboxylic acids is 1. The Balaban J connectivity index is 1.56. The van der Waals surface area contributed by atoms with E-state index in [2.05, 4.69) is 28.2 Å². The van der Waals surface area contributed by atoms with Crippen LogP contribution in [0, 0.1) is 13.8 Å². The molecule has 0 saturated heterocycles. The first-order chi connectivity index (χ1) is 16.7. The lowest BCUT2D eigenvalue weighted by Gasteiger charge is -2.22. The highest BCUT2D eigenvalue weighted by Crippen LogP contribution is 2.28. The van der Waals surface area contributed by atoms with E-state index in [9.17, 15) is 13.2 Å². The Kier molecular flexibility index (Phi) is 7.53. The van der Waals surface area contributed by atoms with Gasteiger partial charge in [-0.05, 0) is 104 Å². The fourth-order valence-electron chi connectivity index (χ4n) is 4.50. The largest absolute Gasteiger partial charge is 0.345 e. The fourth-order valence-corrected chi connectivity index (χ4v) is 6.07. The van der Waals surface area contributed by atoms with E-state index in [0.29, 0.717) is 5.69 Å². The van der Waals surface area contributed by atoms with Gasteiger partial charge in [0.15, 0.2) is 0 Å². The van der Waals surface area contributed by atoms with E-state index in [1.54, 1.807) is 18.2 Å². The maximum absolute atomic E-state index is 13.1. The summed E-state index contributed by atoms with van der Waals surface area (Å²) < 4.78 is 28.8. The van der Waals surface area contributed by atoms with Crippen LogP contribution in [0.15, 0.2) is 59.5 Å². The zero-order valence-electron chi connectivity index (χ0n) is 20.3. The van der Waals surface area contributed by atoms with Crippen LogP contribution >= 0.6 is 11.6 Å². The Bertz CT molecular complexity index is 1370. The van der Waals surface area contributed by atoms with Crippen LogP contribution in [0.5, 0.6) is 0 Å². The summed E-state index contributed by atoms with van der Waals surface area (Å²) in [6.07, 6.45) is 5.31. The molecular weight excluding hydrogens is 480 g/mol. The molecule has 1 amide bonds. The summed E-state index contributed by atoms with van der Waals surface area (Å²) in [5, 5.41) is 3.13. The smallest absolute Gasteiger partial charge is 0.263 e. The van der Waals surface area contributed by atoms with Crippen molar-refractivity contribution in [2.24, 2.45) is 0 Å². The molecule has 35 heavy (non-hydrogen) atoms. The van der Waals surface area contributed by atoms with Crippen LogP contribution in [0.25, 0.3) is 0 Å². The summed E-state index contributed by atoms with van der Waals surface area (Å²) in [6, 6.07) is 15.9. The monoisotopic (exact) mass is 510 g/mol. The van der Waals surface area contributed by atoms with Crippen LogP contribution in [0.2, 0.25) is 5.02 Å². The van der Waals surface area contributed by atoms with Crippen molar-refractivity contribution < 1.29 is 13.2 Å². The maximum Gasteiger partial charge on any atom is 0.263 e. The number of sulfonamides is 1. The zero-order chi connectivity index (χ0) is 25.2. The summed E-state index contributed by atoms with van der Waals surface area (Å²) in [6.45, 7) is 5.90. The third-order valence-corrected chi connectivity index (χ3v) is 8.59. The average Bonchev–Trinajstić information content (AvgIpc) is 2.84. The van der Waals surface area contributed by atoms with Crippen molar-refractivity contribution in [3.05, 3.63) is 93.0 Å². The lowest BCUT2D eigenvalue weighted by Crippen LogP contribution is -2.28. The third-order valence-electron chi connectivity index (χ3n) is 6.73. The number of nitrogens with one attached hydrogen (secondary N) is 2. The first-order valence-electron chi connectivity index (χ1n) is 12.0. The van der Waals surface area contributed by atoms with Gasteiger partial charge in [0, 0.05) is 11.3 Å². The molecule has 0 radical (unpaired) electrons. The van der Waals surface area contributed by atoms with Crippen molar-refractivity contribution in [3.63, 3.8) is 0 Å². The number of hydrogen-bond acceptors (Lipinski definition) is 3. The van der Waals surface area contributed by atoms with Crippen molar-refractivity contribution in [3.8, 4) is 0 Å². The van der Waals surface area contributed by atoms with E-state index >= 15 is 0 Å². The normalized spacial score (nSPS) is 14.2. The van der Waals surface area contributed by atoms with Crippen molar-refractivity contribution in [2.75, 3.05) is 4.72 Å². The van der Waals surface area contributed by atoms with Gasteiger partial charge in [0.25, 0.3) is 15.9 Å². The number of rotatable bonds is 7. The van der Waals surface area contributed by atoms with Gasteiger partial charge in [0.2, 0.25) is 0 Å². The molecule has 0 fully saturated rings. The molecule has 0 aliphatic heterocycles. The van der Waals surface area contributed by atoms with E-state index in [1.165, 1.54) is 36.1 Å². The molecule has 184 valence electrons. The average molecular weight is 511 g/mol. The molecule has 3 aromatic rings. The Morgan fingerprint density at radius 1 is 0.943 bits per heavy atom. The molecule has 0 unspecified atom stereocenters. The molecule has 1 aliphatic rings. The lowest BCUT2D eigenvalue weighted by molar-refractivity contribution is 0.0935. The van der Waals surface area contributed by atoms with Crippen LogP contribution in [0.3, 0.4) is 0 Å². The van der Waals surface area contributed by atoms with Gasteiger partial charge in [0.1, 0.15) is 4.90 Å². The van der Waals surface area contributed by atoms with Gasteiger partial charge in [-0.2, -0.15) is 0 Å². The fraction of sp³-hybridized carbons (Fsp3) is 0.321. The number of aryl methyl sites for hydroxylation is 4. The van der Waals surface area contributed by atoms with Gasteiger partial charge in [0.05, 0.1) is 11.1 Å². The predicted molar refractivity (Wildman–Crippen MR) is 142 cm³/mol. The highest BCUT2D eigenvalue weighted by molar-refractivity contribution is 7.92. The summed E-state index contributed by atoms with van der Waals surface area (Å²) in [5.41, 5.74) is 6.54. The molecule has 0 saturated carbocycles. The maximum atomic E-state index is 13.1. The number of carbonyl (C=O) groups is 1. The third kappa shape index (κ3) is 5.71. The Hall–Kier alpha value is -2.83. The minimum Gasteiger partial charge on any atom is -0.345 e. The Labute approximate surface area is 213 Å². The number of fused-ring (bicyclic) bond motifs is 1. The minimum absolute atomic E-state index is 0.0552. The first-order valence-corrected chi connectivity index (χ1v) is 13.9. The Morgan fingerprint density at radius 3 is 2.40 bits per heavy atom. The quantitative estimate of drug-likeness (QED) is 0.380. The SMILES string of the molecule is CC[C@@H](NC(=O)c1ccc(Cl)c(S(=O)(=O)Nc2ccc(C)c(C)c2)c1)c1ccc2c(c1)CCCC2. The van der Waals surface area contributed by atoms with Gasteiger partial charge in [-0.3, -0.25) is 9.52 Å². The van der Waals surface area contributed by atoms with Gasteiger partial charge in [-0.15, -0.1) is 0 Å². The number of benzene rings is 3. The standard InChI is InChI=1S/C28H31ClN2O3S/c1-4-26(22-11-10-20-7-5-6-8-21(20)16-22)30-28(32)23-12-14-25(29)27(17-23)35(33,34)31-24-13-9-18(2)19(3)15-24/h9-17,26,31H,4-8H2,1-3H3,(H,30,32)/t26-/m1/s1. The van der Waals surface area contributed by atoms with Gasteiger partial charge in [-0.25, -0.2) is 8.42 Å². The molecule has 2 N–H and O–H groups in total. The highest BCUT2D eigenvalue weighted by Gasteiger charge is 2.22. The van der Waals surface area contributed by atoms with Gasteiger partial charge < -0.3 is 5.32 Å². The van der Waals surface area contributed by atoms with E-state index in [1.807, 2.05) is 26.8 Å². The second kappa shape index (κ2) is 10.4. The van der Waals surface area contributed by atoms with Crippen LogP contribution in [0.4, 0.5) is 5.69 Å². The number of halogens is 1. The molecule has 7 heteroatoms. The summed E-state index contributed by atoms with van der Waals surface area (Å²) in [5.74, 6) is -0.339. The van der Waals surface area contributed by atoms with E-state index < -0.39 is 10.0 Å². The molecule has 0 heterocycles. The lowest BCUT2D eigenvalue weighted by atomic mass is 9.88.